The molecule has 108 valence electrons. The fourth-order valence-corrected chi connectivity index (χ4v) is 1.98. The fourth-order valence-electron chi connectivity index (χ4n) is 1.98. The maximum absolute atomic E-state index is 12.2. The summed E-state index contributed by atoms with van der Waals surface area (Å²) in [6.07, 6.45) is 0. The second-order valence-corrected chi connectivity index (χ2v) is 4.91. The summed E-state index contributed by atoms with van der Waals surface area (Å²) >= 11 is 0. The van der Waals surface area contributed by atoms with Crippen LogP contribution in [0.2, 0.25) is 0 Å². The average Bonchev–Trinajstić information content (AvgIpc) is 2.43. The van der Waals surface area contributed by atoms with Crippen molar-refractivity contribution < 1.29 is 4.79 Å². The molecule has 3 N–H and O–H groups in total. The number of hydrogen-bond acceptors (Lipinski definition) is 4. The third kappa shape index (κ3) is 4.56. The summed E-state index contributed by atoms with van der Waals surface area (Å²) in [5.41, 5.74) is 6.98. The number of nitriles is 1. The Labute approximate surface area is 120 Å². The zero-order valence-corrected chi connectivity index (χ0v) is 12.3. The van der Waals surface area contributed by atoms with Gasteiger partial charge in [0, 0.05) is 17.9 Å². The molecule has 0 fully saturated rings. The number of amides is 1. The van der Waals surface area contributed by atoms with E-state index < -0.39 is 0 Å². The predicted octanol–water partition coefficient (Wildman–Crippen LogP) is 2.08. The number of nitrogens with one attached hydrogen (secondary N) is 1. The van der Waals surface area contributed by atoms with Gasteiger partial charge in [0.15, 0.2) is 0 Å². The first-order valence-corrected chi connectivity index (χ1v) is 6.78. The molecule has 0 saturated carbocycles. The highest BCUT2D eigenvalue weighted by Crippen LogP contribution is 2.13. The lowest BCUT2D eigenvalue weighted by atomic mass is 10.1. The van der Waals surface area contributed by atoms with Gasteiger partial charge in [0.25, 0.3) is 0 Å². The minimum absolute atomic E-state index is 0.0948. The molecular weight excluding hydrogens is 252 g/mol. The van der Waals surface area contributed by atoms with Gasteiger partial charge in [-0.3, -0.25) is 9.69 Å². The molecule has 2 atom stereocenters. The molecule has 2 unspecified atom stereocenters. The van der Waals surface area contributed by atoms with Crippen LogP contribution in [-0.2, 0) is 4.79 Å². The van der Waals surface area contributed by atoms with E-state index in [0.717, 1.165) is 6.54 Å². The number of carbonyl (C=O) groups is 1. The molecule has 0 spiro atoms. The van der Waals surface area contributed by atoms with Crippen molar-refractivity contribution in [3.63, 3.8) is 0 Å². The summed E-state index contributed by atoms with van der Waals surface area (Å²) in [4.78, 5) is 14.2. The smallest absolute Gasteiger partial charge is 0.241 e. The van der Waals surface area contributed by atoms with Crippen molar-refractivity contribution >= 4 is 17.3 Å². The number of rotatable bonds is 6. The van der Waals surface area contributed by atoms with Crippen LogP contribution in [0.5, 0.6) is 0 Å². The van der Waals surface area contributed by atoms with Crippen molar-refractivity contribution in [2.45, 2.75) is 26.8 Å². The minimum Gasteiger partial charge on any atom is -0.399 e. The van der Waals surface area contributed by atoms with Crippen LogP contribution in [0.3, 0.4) is 0 Å². The summed E-state index contributed by atoms with van der Waals surface area (Å²) in [7, 11) is 0. The van der Waals surface area contributed by atoms with Gasteiger partial charge in [-0.2, -0.15) is 5.26 Å². The van der Waals surface area contributed by atoms with Crippen LogP contribution >= 0.6 is 0 Å². The molecule has 1 aromatic carbocycles. The lowest BCUT2D eigenvalue weighted by Gasteiger charge is -2.27. The molecular formula is C15H22N4O. The predicted molar refractivity (Wildman–Crippen MR) is 81.0 cm³/mol. The molecule has 5 heteroatoms. The Bertz CT molecular complexity index is 495. The number of hydrogen-bond donors (Lipinski definition) is 2. The number of nitrogen functional groups attached to an aromatic ring is 1. The average molecular weight is 274 g/mol. The molecule has 1 amide bonds. The summed E-state index contributed by atoms with van der Waals surface area (Å²) in [6, 6.07) is 8.98. The van der Waals surface area contributed by atoms with Crippen molar-refractivity contribution in [1.29, 1.82) is 5.26 Å². The van der Waals surface area contributed by atoms with Crippen LogP contribution in [0.4, 0.5) is 11.4 Å². The van der Waals surface area contributed by atoms with Gasteiger partial charge in [-0.05, 0) is 38.6 Å². The van der Waals surface area contributed by atoms with Gasteiger partial charge in [-0.15, -0.1) is 0 Å². The molecule has 0 aromatic heterocycles. The van der Waals surface area contributed by atoms with Crippen molar-refractivity contribution in [3.05, 3.63) is 24.3 Å². The largest absolute Gasteiger partial charge is 0.399 e. The van der Waals surface area contributed by atoms with Gasteiger partial charge in [0.1, 0.15) is 0 Å². The number of anilines is 2. The number of benzene rings is 1. The van der Waals surface area contributed by atoms with Gasteiger partial charge in [-0.25, -0.2) is 0 Å². The second-order valence-electron chi connectivity index (χ2n) is 4.91. The zero-order valence-electron chi connectivity index (χ0n) is 12.3. The summed E-state index contributed by atoms with van der Waals surface area (Å²) in [5.74, 6) is -0.194. The van der Waals surface area contributed by atoms with Crippen LogP contribution in [0.15, 0.2) is 24.3 Å². The Morgan fingerprint density at radius 2 is 2.20 bits per heavy atom. The molecule has 0 saturated heterocycles. The number of nitrogens with two attached hydrogens (primary N) is 1. The maximum atomic E-state index is 12.2. The Morgan fingerprint density at radius 1 is 1.50 bits per heavy atom. The first-order valence-electron chi connectivity index (χ1n) is 6.78. The lowest BCUT2D eigenvalue weighted by molar-refractivity contribution is -0.120. The third-order valence-electron chi connectivity index (χ3n) is 3.22. The second kappa shape index (κ2) is 7.51. The van der Waals surface area contributed by atoms with Gasteiger partial charge in [0.2, 0.25) is 5.91 Å². The molecule has 5 nitrogen and oxygen atoms in total. The lowest BCUT2D eigenvalue weighted by Crippen LogP contribution is -2.43. The van der Waals surface area contributed by atoms with Crippen LogP contribution in [0.1, 0.15) is 20.8 Å². The minimum atomic E-state index is -0.294. The van der Waals surface area contributed by atoms with E-state index in [9.17, 15) is 4.79 Å². The Morgan fingerprint density at radius 3 is 2.75 bits per heavy atom. The van der Waals surface area contributed by atoms with Gasteiger partial charge in [0.05, 0.1) is 18.0 Å². The molecule has 0 aliphatic heterocycles. The molecule has 0 aliphatic carbocycles. The van der Waals surface area contributed by atoms with Crippen LogP contribution in [0.25, 0.3) is 0 Å². The number of carbonyl (C=O) groups excluding carboxylic acids is 1. The normalized spacial score (nSPS) is 13.6. The molecule has 0 radical (unpaired) electrons. The summed E-state index contributed by atoms with van der Waals surface area (Å²) < 4.78 is 0. The SMILES string of the molecule is CCN(CC(C)C#N)C(C)C(=O)Nc1cccc(N)c1. The van der Waals surface area contributed by atoms with E-state index in [2.05, 4.69) is 11.4 Å². The van der Waals surface area contributed by atoms with Crippen molar-refractivity contribution in [1.82, 2.24) is 4.90 Å². The first kappa shape index (κ1) is 16.0. The van der Waals surface area contributed by atoms with Crippen molar-refractivity contribution in [2.24, 2.45) is 5.92 Å². The van der Waals surface area contributed by atoms with Crippen LogP contribution in [0, 0.1) is 17.2 Å². The van der Waals surface area contributed by atoms with Crippen LogP contribution in [-0.4, -0.2) is 29.9 Å². The molecule has 0 aliphatic rings. The fraction of sp³-hybridized carbons (Fsp3) is 0.467. The van der Waals surface area contributed by atoms with Crippen molar-refractivity contribution in [3.8, 4) is 6.07 Å². The monoisotopic (exact) mass is 274 g/mol. The Kier molecular flexibility index (Phi) is 6.01. The van der Waals surface area contributed by atoms with E-state index >= 15 is 0 Å². The highest BCUT2D eigenvalue weighted by molar-refractivity contribution is 5.94. The van der Waals surface area contributed by atoms with E-state index in [1.54, 1.807) is 24.3 Å². The van der Waals surface area contributed by atoms with Gasteiger partial charge in [-0.1, -0.05) is 13.0 Å². The van der Waals surface area contributed by atoms with Crippen molar-refractivity contribution in [2.75, 3.05) is 24.1 Å². The summed E-state index contributed by atoms with van der Waals surface area (Å²) in [6.45, 7) is 6.98. The van der Waals surface area contributed by atoms with E-state index in [-0.39, 0.29) is 17.9 Å². The van der Waals surface area contributed by atoms with E-state index in [0.29, 0.717) is 17.9 Å². The van der Waals surface area contributed by atoms with E-state index in [1.807, 2.05) is 25.7 Å². The first-order chi connectivity index (χ1) is 9.47. The molecule has 1 aromatic rings. The molecule has 0 heterocycles. The maximum Gasteiger partial charge on any atom is 0.241 e. The Balaban J connectivity index is 2.67. The van der Waals surface area contributed by atoms with Crippen LogP contribution < -0.4 is 11.1 Å². The van der Waals surface area contributed by atoms with E-state index in [1.165, 1.54) is 0 Å². The zero-order chi connectivity index (χ0) is 15.1. The number of nitrogens with zero attached hydrogens (tertiary/aromatic N) is 2. The molecule has 1 rings (SSSR count). The number of likely N-dealkylation sites (N-methyl/N-ethyl adjacent to an activating group) is 1. The summed E-state index contributed by atoms with van der Waals surface area (Å²) in [5, 5.41) is 11.7. The third-order valence-corrected chi connectivity index (χ3v) is 3.22. The van der Waals surface area contributed by atoms with Gasteiger partial charge >= 0.3 is 0 Å². The highest BCUT2D eigenvalue weighted by atomic mass is 16.2. The van der Waals surface area contributed by atoms with Gasteiger partial charge < -0.3 is 11.1 Å². The topological polar surface area (TPSA) is 82.2 Å². The van der Waals surface area contributed by atoms with E-state index in [4.69, 9.17) is 11.0 Å². The molecule has 0 bridgehead atoms. The molecule has 20 heavy (non-hydrogen) atoms. The highest BCUT2D eigenvalue weighted by Gasteiger charge is 2.21. The quantitative estimate of drug-likeness (QED) is 0.778. The standard InChI is InChI=1S/C15H22N4O/c1-4-19(10-11(2)9-16)12(3)15(20)18-14-7-5-6-13(17)8-14/h5-8,11-12H,4,10,17H2,1-3H3,(H,18,20). The Hall–Kier alpha value is -2.06.